The molecule has 2 rings (SSSR count). The number of nitrogens with one attached hydrogen (secondary N) is 1. The molecular weight excluding hydrogens is 384 g/mol. The SMILES string of the molecule is COc1ccc(Br)cc1CNC(=O)C1CCN(S(C)(=O)=O)CC1. The number of sulfonamides is 1. The molecule has 8 heteroatoms. The number of rotatable bonds is 5. The molecule has 0 aromatic heterocycles. The molecule has 23 heavy (non-hydrogen) atoms. The van der Waals surface area contributed by atoms with Crippen LogP contribution in [0.25, 0.3) is 0 Å². The van der Waals surface area contributed by atoms with Crippen molar-refractivity contribution in [3.63, 3.8) is 0 Å². The maximum absolute atomic E-state index is 12.3. The third kappa shape index (κ3) is 4.92. The molecule has 0 atom stereocenters. The second-order valence-electron chi connectivity index (χ2n) is 5.61. The van der Waals surface area contributed by atoms with Crippen LogP contribution in [0, 0.1) is 5.92 Å². The summed E-state index contributed by atoms with van der Waals surface area (Å²) in [6.07, 6.45) is 2.30. The molecule has 1 saturated heterocycles. The highest BCUT2D eigenvalue weighted by Crippen LogP contribution is 2.23. The minimum Gasteiger partial charge on any atom is -0.496 e. The van der Waals surface area contributed by atoms with Crippen molar-refractivity contribution in [2.45, 2.75) is 19.4 Å². The number of piperidine rings is 1. The summed E-state index contributed by atoms with van der Waals surface area (Å²) in [5.41, 5.74) is 0.892. The lowest BCUT2D eigenvalue weighted by atomic mass is 9.97. The first-order chi connectivity index (χ1) is 10.8. The van der Waals surface area contributed by atoms with Crippen molar-refractivity contribution in [1.29, 1.82) is 0 Å². The van der Waals surface area contributed by atoms with Crippen molar-refractivity contribution in [1.82, 2.24) is 9.62 Å². The Labute approximate surface area is 145 Å². The Morgan fingerprint density at radius 1 is 1.39 bits per heavy atom. The van der Waals surface area contributed by atoms with Gasteiger partial charge in [0, 0.05) is 35.6 Å². The Hall–Kier alpha value is -1.12. The number of methoxy groups -OCH3 is 1. The van der Waals surface area contributed by atoms with E-state index in [1.165, 1.54) is 10.6 Å². The minimum atomic E-state index is -3.16. The van der Waals surface area contributed by atoms with E-state index in [1.54, 1.807) is 7.11 Å². The highest BCUT2D eigenvalue weighted by molar-refractivity contribution is 9.10. The van der Waals surface area contributed by atoms with Gasteiger partial charge in [0.05, 0.1) is 13.4 Å². The van der Waals surface area contributed by atoms with Gasteiger partial charge in [0.25, 0.3) is 0 Å². The quantitative estimate of drug-likeness (QED) is 0.810. The average Bonchev–Trinajstić information content (AvgIpc) is 2.52. The first-order valence-corrected chi connectivity index (χ1v) is 10.0. The molecule has 1 fully saturated rings. The molecule has 1 aromatic carbocycles. The lowest BCUT2D eigenvalue weighted by Gasteiger charge is -2.29. The highest BCUT2D eigenvalue weighted by Gasteiger charge is 2.28. The van der Waals surface area contributed by atoms with Crippen LogP contribution in [0.5, 0.6) is 5.75 Å². The van der Waals surface area contributed by atoms with Crippen LogP contribution in [0.15, 0.2) is 22.7 Å². The fraction of sp³-hybridized carbons (Fsp3) is 0.533. The first-order valence-electron chi connectivity index (χ1n) is 7.36. The van der Waals surface area contributed by atoms with E-state index in [9.17, 15) is 13.2 Å². The van der Waals surface area contributed by atoms with Crippen LogP contribution in [0.2, 0.25) is 0 Å². The molecule has 0 radical (unpaired) electrons. The number of nitrogens with zero attached hydrogens (tertiary/aromatic N) is 1. The normalized spacial score (nSPS) is 17.0. The van der Waals surface area contributed by atoms with Crippen LogP contribution in [-0.4, -0.2) is 45.1 Å². The number of ether oxygens (including phenoxy) is 1. The zero-order chi connectivity index (χ0) is 17.0. The van der Waals surface area contributed by atoms with E-state index >= 15 is 0 Å². The van der Waals surface area contributed by atoms with Crippen LogP contribution in [0.4, 0.5) is 0 Å². The monoisotopic (exact) mass is 404 g/mol. The number of carbonyl (C=O) groups is 1. The Morgan fingerprint density at radius 2 is 2.04 bits per heavy atom. The zero-order valence-corrected chi connectivity index (χ0v) is 15.6. The van der Waals surface area contributed by atoms with Gasteiger partial charge in [0.1, 0.15) is 5.75 Å². The van der Waals surface area contributed by atoms with Gasteiger partial charge in [-0.15, -0.1) is 0 Å². The summed E-state index contributed by atoms with van der Waals surface area (Å²) in [6.45, 7) is 1.18. The van der Waals surface area contributed by atoms with Gasteiger partial charge in [-0.25, -0.2) is 12.7 Å². The van der Waals surface area contributed by atoms with Crippen LogP contribution in [0.3, 0.4) is 0 Å². The fourth-order valence-electron chi connectivity index (χ4n) is 2.66. The van der Waals surface area contributed by atoms with E-state index in [4.69, 9.17) is 4.74 Å². The molecule has 1 N–H and O–H groups in total. The lowest BCUT2D eigenvalue weighted by Crippen LogP contribution is -2.42. The summed E-state index contributed by atoms with van der Waals surface area (Å²) >= 11 is 3.40. The Balaban J connectivity index is 1.90. The summed E-state index contributed by atoms with van der Waals surface area (Å²) in [6, 6.07) is 5.63. The van der Waals surface area contributed by atoms with Crippen molar-refractivity contribution in [3.8, 4) is 5.75 Å². The average molecular weight is 405 g/mol. The summed E-state index contributed by atoms with van der Waals surface area (Å²) in [4.78, 5) is 12.3. The molecule has 0 spiro atoms. The van der Waals surface area contributed by atoms with Crippen molar-refractivity contribution >= 4 is 31.9 Å². The van der Waals surface area contributed by atoms with Crippen LogP contribution < -0.4 is 10.1 Å². The van der Waals surface area contributed by atoms with Crippen LogP contribution in [-0.2, 0) is 21.4 Å². The van der Waals surface area contributed by atoms with Gasteiger partial charge in [-0.3, -0.25) is 4.79 Å². The first kappa shape index (κ1) is 18.2. The minimum absolute atomic E-state index is 0.0415. The number of hydrogen-bond donors (Lipinski definition) is 1. The molecule has 1 aliphatic rings. The van der Waals surface area contributed by atoms with Crippen LogP contribution >= 0.6 is 15.9 Å². The summed E-state index contributed by atoms with van der Waals surface area (Å²) < 4.78 is 30.6. The van der Waals surface area contributed by atoms with E-state index in [-0.39, 0.29) is 11.8 Å². The zero-order valence-electron chi connectivity index (χ0n) is 13.2. The second-order valence-corrected chi connectivity index (χ2v) is 8.51. The Kier molecular flexibility index (Phi) is 6.05. The smallest absolute Gasteiger partial charge is 0.223 e. The van der Waals surface area contributed by atoms with E-state index in [2.05, 4.69) is 21.2 Å². The summed E-state index contributed by atoms with van der Waals surface area (Å²) in [5.74, 6) is 0.534. The molecule has 1 aromatic rings. The molecule has 0 unspecified atom stereocenters. The number of hydrogen-bond acceptors (Lipinski definition) is 4. The molecule has 0 saturated carbocycles. The van der Waals surface area contributed by atoms with Gasteiger partial charge in [-0.1, -0.05) is 15.9 Å². The van der Waals surface area contributed by atoms with Gasteiger partial charge in [-0.2, -0.15) is 0 Å². The topological polar surface area (TPSA) is 75.7 Å². The molecule has 0 bridgehead atoms. The number of halogens is 1. The van der Waals surface area contributed by atoms with Crippen molar-refractivity contribution < 1.29 is 17.9 Å². The molecule has 6 nitrogen and oxygen atoms in total. The fourth-order valence-corrected chi connectivity index (χ4v) is 3.94. The van der Waals surface area contributed by atoms with Crippen molar-refractivity contribution in [3.05, 3.63) is 28.2 Å². The molecule has 128 valence electrons. The molecule has 0 aliphatic carbocycles. The van der Waals surface area contributed by atoms with Crippen molar-refractivity contribution in [2.75, 3.05) is 26.5 Å². The van der Waals surface area contributed by atoms with Gasteiger partial charge in [0.2, 0.25) is 15.9 Å². The standard InChI is InChI=1S/C15H21BrN2O4S/c1-22-14-4-3-13(16)9-12(14)10-17-15(19)11-5-7-18(8-6-11)23(2,20)21/h3-4,9,11H,5-8,10H2,1-2H3,(H,17,19). The van der Waals surface area contributed by atoms with E-state index in [0.29, 0.717) is 32.5 Å². The predicted octanol–water partition coefficient (Wildman–Crippen LogP) is 1.75. The van der Waals surface area contributed by atoms with Gasteiger partial charge in [0.15, 0.2) is 0 Å². The van der Waals surface area contributed by atoms with Gasteiger partial charge >= 0.3 is 0 Å². The van der Waals surface area contributed by atoms with Crippen LogP contribution in [0.1, 0.15) is 18.4 Å². The third-order valence-electron chi connectivity index (χ3n) is 3.99. The van der Waals surface area contributed by atoms with E-state index in [0.717, 1.165) is 15.8 Å². The number of amides is 1. The highest BCUT2D eigenvalue weighted by atomic mass is 79.9. The largest absolute Gasteiger partial charge is 0.496 e. The number of benzene rings is 1. The van der Waals surface area contributed by atoms with Gasteiger partial charge in [-0.05, 0) is 31.0 Å². The summed E-state index contributed by atoms with van der Waals surface area (Å²) in [5, 5.41) is 2.92. The number of carbonyl (C=O) groups excluding carboxylic acids is 1. The Morgan fingerprint density at radius 3 is 2.61 bits per heavy atom. The van der Waals surface area contributed by atoms with E-state index < -0.39 is 10.0 Å². The molecule has 1 heterocycles. The maximum Gasteiger partial charge on any atom is 0.223 e. The maximum atomic E-state index is 12.3. The third-order valence-corrected chi connectivity index (χ3v) is 5.79. The van der Waals surface area contributed by atoms with E-state index in [1.807, 2.05) is 18.2 Å². The lowest BCUT2D eigenvalue weighted by molar-refractivity contribution is -0.126. The molecular formula is C15H21BrN2O4S. The molecule has 1 amide bonds. The molecule has 1 aliphatic heterocycles. The second kappa shape index (κ2) is 7.63. The summed E-state index contributed by atoms with van der Waals surface area (Å²) in [7, 11) is -1.57. The Bertz CT molecular complexity index is 670. The van der Waals surface area contributed by atoms with Crippen molar-refractivity contribution in [2.24, 2.45) is 5.92 Å². The predicted molar refractivity (Wildman–Crippen MR) is 91.7 cm³/mol. The van der Waals surface area contributed by atoms with Gasteiger partial charge < -0.3 is 10.1 Å².